The molecule has 0 aromatic carbocycles. The summed E-state index contributed by atoms with van der Waals surface area (Å²) in [5.74, 6) is -0.232. The lowest BCUT2D eigenvalue weighted by Crippen LogP contribution is -2.20. The normalized spacial score (nSPS) is 8.67. The maximum absolute atomic E-state index is 11.5. The van der Waals surface area contributed by atoms with Gasteiger partial charge in [0.15, 0.2) is 0 Å². The summed E-state index contributed by atoms with van der Waals surface area (Å²) in [7, 11) is 0. The maximum Gasteiger partial charge on any atom is 0.136 e. The lowest BCUT2D eigenvalue weighted by atomic mass is 9.90. The van der Waals surface area contributed by atoms with Gasteiger partial charge in [-0.15, -0.1) is 0 Å². The second-order valence-electron chi connectivity index (χ2n) is 3.71. The Balaban J connectivity index is -0.000000327. The lowest BCUT2D eigenvalue weighted by Gasteiger charge is -2.12. The fourth-order valence-electron chi connectivity index (χ4n) is 1.43. The van der Waals surface area contributed by atoms with Crippen molar-refractivity contribution in [3.63, 3.8) is 0 Å². The van der Waals surface area contributed by atoms with Gasteiger partial charge in [0.1, 0.15) is 17.3 Å². The molecule has 0 saturated heterocycles. The fourth-order valence-corrected chi connectivity index (χ4v) is 1.43. The molecule has 0 bridgehead atoms. The molecule has 0 aromatic rings. The van der Waals surface area contributed by atoms with Gasteiger partial charge in [0.2, 0.25) is 0 Å². The highest BCUT2D eigenvalue weighted by Crippen LogP contribution is 2.15. The van der Waals surface area contributed by atoms with Crippen LogP contribution in [0.4, 0.5) is 0 Å². The molecular formula is C15H32O3. The van der Waals surface area contributed by atoms with E-state index in [9.17, 15) is 14.4 Å². The van der Waals surface area contributed by atoms with E-state index in [0.29, 0.717) is 19.3 Å². The van der Waals surface area contributed by atoms with E-state index in [0.717, 1.165) is 0 Å². The maximum atomic E-state index is 11.5. The van der Waals surface area contributed by atoms with E-state index in [1.807, 2.05) is 0 Å². The van der Waals surface area contributed by atoms with Crippen molar-refractivity contribution >= 4 is 17.3 Å². The number of hydrogen-bond acceptors (Lipinski definition) is 3. The van der Waals surface area contributed by atoms with Crippen molar-refractivity contribution in [3.05, 3.63) is 0 Å². The minimum atomic E-state index is -0.380. The quantitative estimate of drug-likeness (QED) is 0.656. The summed E-state index contributed by atoms with van der Waals surface area (Å²) < 4.78 is 0. The van der Waals surface area contributed by atoms with Crippen LogP contribution < -0.4 is 0 Å². The molecule has 3 heteroatoms. The van der Waals surface area contributed by atoms with E-state index in [2.05, 4.69) is 0 Å². The first-order chi connectivity index (χ1) is 7.04. The van der Waals surface area contributed by atoms with Crippen molar-refractivity contribution in [1.29, 1.82) is 0 Å². The Bertz CT molecular complexity index is 226. The van der Waals surface area contributed by atoms with Crippen LogP contribution in [0, 0.1) is 5.92 Å². The van der Waals surface area contributed by atoms with Gasteiger partial charge in [-0.05, 0) is 0 Å². The average molecular weight is 260 g/mol. The first-order valence-corrected chi connectivity index (χ1v) is 5.61. The lowest BCUT2D eigenvalue weighted by molar-refractivity contribution is -0.130. The minimum absolute atomic E-state index is 0. The van der Waals surface area contributed by atoms with Gasteiger partial charge in [0.25, 0.3) is 0 Å². The molecule has 18 heavy (non-hydrogen) atoms. The van der Waals surface area contributed by atoms with Gasteiger partial charge >= 0.3 is 0 Å². The van der Waals surface area contributed by atoms with E-state index in [4.69, 9.17) is 0 Å². The molecule has 0 heterocycles. The SMILES string of the molecule is C.C.C.CCC(=O)CC(CC(=O)CC)C(=O)CC. The van der Waals surface area contributed by atoms with Gasteiger partial charge < -0.3 is 0 Å². The van der Waals surface area contributed by atoms with Crippen molar-refractivity contribution in [3.8, 4) is 0 Å². The van der Waals surface area contributed by atoms with Crippen molar-refractivity contribution in [1.82, 2.24) is 0 Å². The molecule has 0 amide bonds. The van der Waals surface area contributed by atoms with Gasteiger partial charge in [-0.1, -0.05) is 43.1 Å². The Morgan fingerprint density at radius 3 is 1.28 bits per heavy atom. The molecule has 0 radical (unpaired) electrons. The molecule has 0 aliphatic carbocycles. The zero-order valence-electron chi connectivity index (χ0n) is 9.84. The second-order valence-corrected chi connectivity index (χ2v) is 3.71. The first kappa shape index (κ1) is 25.8. The first-order valence-electron chi connectivity index (χ1n) is 5.61. The third-order valence-electron chi connectivity index (χ3n) is 2.54. The van der Waals surface area contributed by atoms with Crippen LogP contribution >= 0.6 is 0 Å². The van der Waals surface area contributed by atoms with Crippen LogP contribution in [0.2, 0.25) is 0 Å². The fraction of sp³-hybridized carbons (Fsp3) is 0.800. The molecular weight excluding hydrogens is 228 g/mol. The molecule has 0 rings (SSSR count). The number of Topliss-reactive ketones (excluding diaryl/α,β-unsaturated/α-hetero) is 3. The summed E-state index contributed by atoms with van der Waals surface area (Å²) in [6.07, 6.45) is 1.74. The molecule has 0 aliphatic rings. The zero-order chi connectivity index (χ0) is 11.8. The summed E-state index contributed by atoms with van der Waals surface area (Å²) in [6.45, 7) is 5.32. The largest absolute Gasteiger partial charge is 0.300 e. The predicted molar refractivity (Wildman–Crippen MR) is 78.8 cm³/mol. The van der Waals surface area contributed by atoms with E-state index in [1.165, 1.54) is 0 Å². The monoisotopic (exact) mass is 260 g/mol. The van der Waals surface area contributed by atoms with Crippen molar-refractivity contribution < 1.29 is 14.4 Å². The third kappa shape index (κ3) is 10.2. The van der Waals surface area contributed by atoms with Crippen molar-refractivity contribution in [2.24, 2.45) is 5.92 Å². The molecule has 0 atom stereocenters. The smallest absolute Gasteiger partial charge is 0.136 e. The summed E-state index contributed by atoms with van der Waals surface area (Å²) in [5.41, 5.74) is 0. The van der Waals surface area contributed by atoms with Crippen LogP contribution in [-0.4, -0.2) is 17.3 Å². The number of carbonyl (C=O) groups excluding carboxylic acids is 3. The van der Waals surface area contributed by atoms with Gasteiger partial charge in [-0.2, -0.15) is 0 Å². The minimum Gasteiger partial charge on any atom is -0.300 e. The van der Waals surface area contributed by atoms with Gasteiger partial charge in [-0.3, -0.25) is 14.4 Å². The highest BCUT2D eigenvalue weighted by Gasteiger charge is 2.21. The Labute approximate surface area is 113 Å². The highest BCUT2D eigenvalue weighted by molar-refractivity contribution is 5.91. The van der Waals surface area contributed by atoms with Crippen LogP contribution in [0.3, 0.4) is 0 Å². The van der Waals surface area contributed by atoms with Gasteiger partial charge in [0, 0.05) is 38.0 Å². The number of carbonyl (C=O) groups is 3. The van der Waals surface area contributed by atoms with Gasteiger partial charge in [0.05, 0.1) is 0 Å². The molecule has 3 nitrogen and oxygen atoms in total. The Hall–Kier alpha value is -0.990. The van der Waals surface area contributed by atoms with Crippen molar-refractivity contribution in [2.45, 2.75) is 75.2 Å². The summed E-state index contributed by atoms with van der Waals surface area (Å²) in [5, 5.41) is 0. The average Bonchev–Trinajstić information content (AvgIpc) is 2.26. The third-order valence-corrected chi connectivity index (χ3v) is 2.54. The molecule has 0 spiro atoms. The number of ketones is 3. The van der Waals surface area contributed by atoms with E-state index in [-0.39, 0.29) is 58.4 Å². The van der Waals surface area contributed by atoms with Crippen LogP contribution in [0.25, 0.3) is 0 Å². The summed E-state index contributed by atoms with van der Waals surface area (Å²) >= 11 is 0. The highest BCUT2D eigenvalue weighted by atomic mass is 16.1. The zero-order valence-corrected chi connectivity index (χ0v) is 9.84. The van der Waals surface area contributed by atoms with E-state index < -0.39 is 0 Å². The van der Waals surface area contributed by atoms with Crippen molar-refractivity contribution in [2.75, 3.05) is 0 Å². The molecule has 0 fully saturated rings. The molecule has 0 unspecified atom stereocenters. The summed E-state index contributed by atoms with van der Waals surface area (Å²) in [4.78, 5) is 34.0. The Morgan fingerprint density at radius 1 is 0.722 bits per heavy atom. The predicted octanol–water partition coefficient (Wildman–Crippen LogP) is 4.23. The molecule has 0 N–H and O–H groups in total. The second kappa shape index (κ2) is 14.1. The summed E-state index contributed by atoms with van der Waals surface area (Å²) in [6, 6.07) is 0. The van der Waals surface area contributed by atoms with Crippen LogP contribution in [0.15, 0.2) is 0 Å². The topological polar surface area (TPSA) is 51.2 Å². The number of rotatable bonds is 8. The van der Waals surface area contributed by atoms with Gasteiger partial charge in [-0.25, -0.2) is 0 Å². The number of hydrogen-bond donors (Lipinski definition) is 0. The Kier molecular flexibility index (Phi) is 20.1. The van der Waals surface area contributed by atoms with Crippen LogP contribution in [0.1, 0.15) is 75.2 Å². The molecule has 110 valence electrons. The standard InChI is InChI=1S/C12H20O3.3CH4/c1-4-10(13)7-9(12(15)6-3)8-11(14)5-2;;;/h9H,4-8H2,1-3H3;3*1H4. The van der Waals surface area contributed by atoms with E-state index >= 15 is 0 Å². The van der Waals surface area contributed by atoms with Crippen LogP contribution in [-0.2, 0) is 14.4 Å². The molecule has 0 aromatic heterocycles. The Morgan fingerprint density at radius 2 is 1.06 bits per heavy atom. The molecule has 0 saturated carbocycles. The van der Waals surface area contributed by atoms with Crippen LogP contribution in [0.5, 0.6) is 0 Å². The van der Waals surface area contributed by atoms with E-state index in [1.54, 1.807) is 20.8 Å². The molecule has 0 aliphatic heterocycles.